The van der Waals surface area contributed by atoms with E-state index < -0.39 is 0 Å². The summed E-state index contributed by atoms with van der Waals surface area (Å²) < 4.78 is 0. The average molecular weight is 278 g/mol. The van der Waals surface area contributed by atoms with Crippen LogP contribution in [0.15, 0.2) is 42.7 Å². The van der Waals surface area contributed by atoms with Crippen LogP contribution in [0.5, 0.6) is 0 Å². The second kappa shape index (κ2) is 5.48. The Labute approximate surface area is 124 Å². The minimum absolute atomic E-state index is 0.503. The first-order chi connectivity index (χ1) is 10.1. The molecule has 4 heteroatoms. The first-order valence-electron chi connectivity index (χ1n) is 7.10. The molecule has 0 radical (unpaired) electrons. The SMILES string of the molecule is CC(C)Cc1cc(N)nc(-c2cncc3ccccc23)n1. The number of nitrogen functional groups attached to an aromatic ring is 1. The van der Waals surface area contributed by atoms with Gasteiger partial charge in [0, 0.05) is 35.1 Å². The zero-order valence-corrected chi connectivity index (χ0v) is 12.2. The van der Waals surface area contributed by atoms with E-state index in [1.54, 1.807) is 6.20 Å². The molecule has 0 unspecified atom stereocenters. The smallest absolute Gasteiger partial charge is 0.163 e. The molecule has 0 atom stereocenters. The summed E-state index contributed by atoms with van der Waals surface area (Å²) in [6.45, 7) is 4.33. The van der Waals surface area contributed by atoms with E-state index >= 15 is 0 Å². The van der Waals surface area contributed by atoms with Crippen molar-refractivity contribution in [2.24, 2.45) is 5.92 Å². The van der Waals surface area contributed by atoms with Crippen molar-refractivity contribution in [1.29, 1.82) is 0 Å². The molecule has 3 aromatic rings. The predicted octanol–water partition coefficient (Wildman–Crippen LogP) is 3.47. The number of anilines is 1. The van der Waals surface area contributed by atoms with Crippen LogP contribution in [0.4, 0.5) is 5.82 Å². The molecule has 0 aliphatic heterocycles. The highest BCUT2D eigenvalue weighted by molar-refractivity contribution is 5.94. The lowest BCUT2D eigenvalue weighted by molar-refractivity contribution is 0.635. The summed E-state index contributed by atoms with van der Waals surface area (Å²) in [5.74, 6) is 1.68. The third-order valence-corrected chi connectivity index (χ3v) is 3.33. The summed E-state index contributed by atoms with van der Waals surface area (Å²) in [7, 11) is 0. The van der Waals surface area contributed by atoms with Crippen molar-refractivity contribution in [3.8, 4) is 11.4 Å². The van der Waals surface area contributed by atoms with E-state index in [1.807, 2.05) is 30.5 Å². The molecular formula is C17H18N4. The fourth-order valence-electron chi connectivity index (χ4n) is 2.46. The number of fused-ring (bicyclic) bond motifs is 1. The Hall–Kier alpha value is -2.49. The summed E-state index contributed by atoms with van der Waals surface area (Å²) in [5.41, 5.74) is 7.84. The minimum atomic E-state index is 0.503. The van der Waals surface area contributed by atoms with E-state index in [9.17, 15) is 0 Å². The van der Waals surface area contributed by atoms with Crippen molar-refractivity contribution in [2.45, 2.75) is 20.3 Å². The summed E-state index contributed by atoms with van der Waals surface area (Å²) in [4.78, 5) is 13.3. The van der Waals surface area contributed by atoms with Gasteiger partial charge in [-0.2, -0.15) is 0 Å². The molecule has 0 fully saturated rings. The van der Waals surface area contributed by atoms with Gasteiger partial charge in [-0.15, -0.1) is 0 Å². The molecule has 1 aromatic carbocycles. The maximum atomic E-state index is 5.95. The Kier molecular flexibility index (Phi) is 3.52. The summed E-state index contributed by atoms with van der Waals surface area (Å²) in [6, 6.07) is 9.95. The van der Waals surface area contributed by atoms with E-state index in [-0.39, 0.29) is 0 Å². The van der Waals surface area contributed by atoms with Crippen molar-refractivity contribution in [1.82, 2.24) is 15.0 Å². The largest absolute Gasteiger partial charge is 0.384 e. The number of nitrogens with two attached hydrogens (primary N) is 1. The molecule has 4 nitrogen and oxygen atoms in total. The Morgan fingerprint density at radius 2 is 1.90 bits per heavy atom. The van der Waals surface area contributed by atoms with Gasteiger partial charge in [0.25, 0.3) is 0 Å². The molecule has 21 heavy (non-hydrogen) atoms. The molecule has 3 rings (SSSR count). The fourth-order valence-corrected chi connectivity index (χ4v) is 2.46. The molecular weight excluding hydrogens is 260 g/mol. The van der Waals surface area contributed by atoms with Crippen molar-refractivity contribution >= 4 is 16.6 Å². The van der Waals surface area contributed by atoms with Gasteiger partial charge in [0.15, 0.2) is 5.82 Å². The standard InChI is InChI=1S/C17H18N4/c1-11(2)7-13-8-16(18)21-17(20-13)15-10-19-9-12-5-3-4-6-14(12)15/h3-6,8-11H,7H2,1-2H3,(H2,18,20,21). The van der Waals surface area contributed by atoms with Gasteiger partial charge in [-0.25, -0.2) is 9.97 Å². The lowest BCUT2D eigenvalue weighted by Crippen LogP contribution is -2.03. The third-order valence-electron chi connectivity index (χ3n) is 3.33. The van der Waals surface area contributed by atoms with E-state index in [2.05, 4.69) is 34.9 Å². The topological polar surface area (TPSA) is 64.7 Å². The summed E-state index contributed by atoms with van der Waals surface area (Å²) in [5, 5.41) is 2.17. The van der Waals surface area contributed by atoms with Crippen molar-refractivity contribution in [3.05, 3.63) is 48.4 Å². The molecule has 0 saturated heterocycles. The van der Waals surface area contributed by atoms with Gasteiger partial charge in [-0.05, 0) is 17.7 Å². The van der Waals surface area contributed by atoms with Gasteiger partial charge in [0.05, 0.1) is 0 Å². The molecule has 2 N–H and O–H groups in total. The van der Waals surface area contributed by atoms with Gasteiger partial charge >= 0.3 is 0 Å². The maximum Gasteiger partial charge on any atom is 0.163 e. The number of hydrogen-bond donors (Lipinski definition) is 1. The number of hydrogen-bond acceptors (Lipinski definition) is 4. The van der Waals surface area contributed by atoms with E-state index in [0.717, 1.165) is 28.5 Å². The maximum absolute atomic E-state index is 5.95. The molecule has 106 valence electrons. The van der Waals surface area contributed by atoms with Crippen LogP contribution < -0.4 is 5.73 Å². The van der Waals surface area contributed by atoms with Crippen LogP contribution in [0.2, 0.25) is 0 Å². The number of pyridine rings is 1. The summed E-state index contributed by atoms with van der Waals surface area (Å²) >= 11 is 0. The molecule has 2 aromatic heterocycles. The lowest BCUT2D eigenvalue weighted by Gasteiger charge is -2.09. The Balaban J connectivity index is 2.16. The first kappa shape index (κ1) is 13.5. The van der Waals surface area contributed by atoms with Crippen LogP contribution in [-0.4, -0.2) is 15.0 Å². The van der Waals surface area contributed by atoms with Crippen LogP contribution >= 0.6 is 0 Å². The van der Waals surface area contributed by atoms with Crippen molar-refractivity contribution in [3.63, 3.8) is 0 Å². The quantitative estimate of drug-likeness (QED) is 0.796. The number of nitrogens with zero attached hydrogens (tertiary/aromatic N) is 3. The molecule has 0 amide bonds. The molecule has 0 saturated carbocycles. The van der Waals surface area contributed by atoms with Gasteiger partial charge in [-0.1, -0.05) is 38.1 Å². The van der Waals surface area contributed by atoms with Crippen LogP contribution in [0.3, 0.4) is 0 Å². The molecule has 0 bridgehead atoms. The van der Waals surface area contributed by atoms with Crippen LogP contribution in [-0.2, 0) is 6.42 Å². The minimum Gasteiger partial charge on any atom is -0.384 e. The molecule has 0 aliphatic carbocycles. The van der Waals surface area contributed by atoms with Crippen LogP contribution in [0.1, 0.15) is 19.5 Å². The van der Waals surface area contributed by atoms with Crippen LogP contribution in [0.25, 0.3) is 22.2 Å². The Bertz CT molecular complexity index is 775. The highest BCUT2D eigenvalue weighted by Crippen LogP contribution is 2.26. The fraction of sp³-hybridized carbons (Fsp3) is 0.235. The van der Waals surface area contributed by atoms with Gasteiger partial charge < -0.3 is 5.73 Å². The zero-order valence-electron chi connectivity index (χ0n) is 12.2. The number of aromatic nitrogens is 3. The average Bonchev–Trinajstić information content (AvgIpc) is 2.45. The molecule has 0 aliphatic rings. The number of rotatable bonds is 3. The second-order valence-corrected chi connectivity index (χ2v) is 5.61. The Morgan fingerprint density at radius 3 is 2.71 bits per heavy atom. The van der Waals surface area contributed by atoms with Gasteiger partial charge in [-0.3, -0.25) is 4.98 Å². The van der Waals surface area contributed by atoms with Crippen LogP contribution in [0, 0.1) is 5.92 Å². The molecule has 2 heterocycles. The van der Waals surface area contributed by atoms with Crippen molar-refractivity contribution in [2.75, 3.05) is 5.73 Å². The monoisotopic (exact) mass is 278 g/mol. The van der Waals surface area contributed by atoms with E-state index in [0.29, 0.717) is 17.6 Å². The van der Waals surface area contributed by atoms with Gasteiger partial charge in [0.1, 0.15) is 5.82 Å². The van der Waals surface area contributed by atoms with Crippen molar-refractivity contribution < 1.29 is 0 Å². The second-order valence-electron chi connectivity index (χ2n) is 5.61. The predicted molar refractivity (Wildman–Crippen MR) is 85.7 cm³/mol. The van der Waals surface area contributed by atoms with E-state index in [1.165, 1.54) is 0 Å². The number of benzene rings is 1. The highest BCUT2D eigenvalue weighted by atomic mass is 14.9. The van der Waals surface area contributed by atoms with E-state index in [4.69, 9.17) is 5.73 Å². The molecule has 0 spiro atoms. The van der Waals surface area contributed by atoms with Gasteiger partial charge in [0.2, 0.25) is 0 Å². The normalized spacial score (nSPS) is 11.2. The lowest BCUT2D eigenvalue weighted by atomic mass is 10.1. The Morgan fingerprint density at radius 1 is 1.10 bits per heavy atom. The summed E-state index contributed by atoms with van der Waals surface area (Å²) in [6.07, 6.45) is 4.54. The first-order valence-corrected chi connectivity index (χ1v) is 7.10. The third kappa shape index (κ3) is 2.84. The highest BCUT2D eigenvalue weighted by Gasteiger charge is 2.10. The zero-order chi connectivity index (χ0) is 14.8.